The Bertz CT molecular complexity index is 1050. The van der Waals surface area contributed by atoms with E-state index in [0.29, 0.717) is 43.7 Å². The molecule has 0 aliphatic carbocycles. The van der Waals surface area contributed by atoms with Gasteiger partial charge in [-0.25, -0.2) is 9.97 Å². The van der Waals surface area contributed by atoms with Crippen LogP contribution in [0, 0.1) is 0 Å². The van der Waals surface area contributed by atoms with Crippen molar-refractivity contribution >= 4 is 11.7 Å². The first-order valence-corrected chi connectivity index (χ1v) is 9.73. The average Bonchev–Trinajstić information content (AvgIpc) is 3.05. The summed E-state index contributed by atoms with van der Waals surface area (Å²) in [6, 6.07) is 7.39. The second-order valence-corrected chi connectivity index (χ2v) is 7.04. The lowest BCUT2D eigenvalue weighted by atomic mass is 10.2. The zero-order chi connectivity index (χ0) is 21.8. The maximum atomic E-state index is 13.5. The highest BCUT2D eigenvalue weighted by Crippen LogP contribution is 2.32. The second-order valence-electron chi connectivity index (χ2n) is 7.04. The third kappa shape index (κ3) is 4.79. The predicted octanol–water partition coefficient (Wildman–Crippen LogP) is 3.30. The molecule has 4 heterocycles. The minimum absolute atomic E-state index is 0.0128. The van der Waals surface area contributed by atoms with Crippen molar-refractivity contribution in [1.29, 1.82) is 0 Å². The van der Waals surface area contributed by atoms with Crippen LogP contribution < -0.4 is 4.90 Å². The summed E-state index contributed by atoms with van der Waals surface area (Å²) in [4.78, 5) is 32.1. The van der Waals surface area contributed by atoms with Gasteiger partial charge in [-0.1, -0.05) is 0 Å². The molecule has 1 saturated heterocycles. The fourth-order valence-corrected chi connectivity index (χ4v) is 3.40. The molecule has 0 unspecified atom stereocenters. The van der Waals surface area contributed by atoms with E-state index in [9.17, 15) is 18.0 Å². The number of carbonyl (C=O) groups is 1. The Labute approximate surface area is 176 Å². The van der Waals surface area contributed by atoms with Gasteiger partial charge in [-0.3, -0.25) is 14.8 Å². The summed E-state index contributed by atoms with van der Waals surface area (Å²) in [6.07, 6.45) is 2.07. The van der Waals surface area contributed by atoms with Crippen molar-refractivity contribution in [2.75, 3.05) is 31.1 Å². The second kappa shape index (κ2) is 8.66. The number of rotatable bonds is 3. The van der Waals surface area contributed by atoms with Gasteiger partial charge in [0.05, 0.1) is 0 Å². The number of nitrogens with zero attached hydrogens (tertiary/aromatic N) is 6. The molecule has 1 fully saturated rings. The highest BCUT2D eigenvalue weighted by atomic mass is 19.4. The van der Waals surface area contributed by atoms with Gasteiger partial charge in [-0.2, -0.15) is 13.2 Å². The molecular weight excluding hydrogens is 409 g/mol. The SMILES string of the molecule is O=C(c1ccncc1)N1CCCN(c2cc(C(F)(F)F)nc(-c3ccncc3)n2)CC1. The summed E-state index contributed by atoms with van der Waals surface area (Å²) < 4.78 is 40.5. The maximum Gasteiger partial charge on any atom is 0.433 e. The summed E-state index contributed by atoms with van der Waals surface area (Å²) in [5, 5.41) is 0. The minimum Gasteiger partial charge on any atom is -0.355 e. The number of amides is 1. The lowest BCUT2D eigenvalue weighted by Crippen LogP contribution is -2.35. The Kier molecular flexibility index (Phi) is 5.79. The van der Waals surface area contributed by atoms with Crippen molar-refractivity contribution < 1.29 is 18.0 Å². The smallest absolute Gasteiger partial charge is 0.355 e. The standard InChI is InChI=1S/C21H19F3N6O/c22-21(23,24)17-14-18(28-19(27-17)15-2-6-25-7-3-15)29-10-1-11-30(13-12-29)20(31)16-4-8-26-9-5-16/h2-9,14H,1,10-13H2. The third-order valence-electron chi connectivity index (χ3n) is 4.98. The minimum atomic E-state index is -4.60. The van der Waals surface area contributed by atoms with E-state index in [1.807, 2.05) is 0 Å². The molecule has 0 atom stereocenters. The lowest BCUT2D eigenvalue weighted by Gasteiger charge is -2.24. The van der Waals surface area contributed by atoms with E-state index < -0.39 is 11.9 Å². The van der Waals surface area contributed by atoms with E-state index in [1.165, 1.54) is 12.4 Å². The van der Waals surface area contributed by atoms with E-state index in [2.05, 4.69) is 19.9 Å². The molecule has 1 aliphatic heterocycles. The van der Waals surface area contributed by atoms with Crippen LogP contribution in [0.2, 0.25) is 0 Å². The van der Waals surface area contributed by atoms with Gasteiger partial charge >= 0.3 is 6.18 Å². The first kappa shape index (κ1) is 20.7. The number of carbonyl (C=O) groups excluding carboxylic acids is 1. The van der Waals surface area contributed by atoms with E-state index in [1.54, 1.807) is 46.5 Å². The fourth-order valence-electron chi connectivity index (χ4n) is 3.40. The number of alkyl halides is 3. The molecule has 1 amide bonds. The summed E-state index contributed by atoms with van der Waals surface area (Å²) >= 11 is 0. The Morgan fingerprint density at radius 2 is 1.55 bits per heavy atom. The van der Waals surface area contributed by atoms with Crippen LogP contribution in [-0.4, -0.2) is 56.9 Å². The van der Waals surface area contributed by atoms with Gasteiger partial charge in [0.1, 0.15) is 5.82 Å². The van der Waals surface area contributed by atoms with Crippen molar-refractivity contribution in [3.05, 3.63) is 66.4 Å². The van der Waals surface area contributed by atoms with Crippen LogP contribution >= 0.6 is 0 Å². The molecule has 7 nitrogen and oxygen atoms in total. The highest BCUT2D eigenvalue weighted by Gasteiger charge is 2.34. The lowest BCUT2D eigenvalue weighted by molar-refractivity contribution is -0.141. The molecule has 0 N–H and O–H groups in total. The van der Waals surface area contributed by atoms with Gasteiger partial charge in [-0.05, 0) is 30.7 Å². The first-order valence-electron chi connectivity index (χ1n) is 9.73. The molecule has 4 rings (SSSR count). The zero-order valence-corrected chi connectivity index (χ0v) is 16.5. The van der Waals surface area contributed by atoms with Crippen LogP contribution in [0.25, 0.3) is 11.4 Å². The molecule has 0 saturated carbocycles. The quantitative estimate of drug-likeness (QED) is 0.637. The van der Waals surface area contributed by atoms with Crippen LogP contribution in [0.5, 0.6) is 0 Å². The Hall–Kier alpha value is -3.56. The molecular formula is C21H19F3N6O. The topological polar surface area (TPSA) is 75.1 Å². The van der Waals surface area contributed by atoms with Crippen molar-refractivity contribution in [2.45, 2.75) is 12.6 Å². The molecule has 0 radical (unpaired) electrons. The van der Waals surface area contributed by atoms with E-state index in [-0.39, 0.29) is 17.5 Å². The molecule has 0 aromatic carbocycles. The molecule has 1 aliphatic rings. The van der Waals surface area contributed by atoms with Gasteiger partial charge in [0.25, 0.3) is 5.91 Å². The number of halogens is 3. The number of hydrogen-bond acceptors (Lipinski definition) is 6. The highest BCUT2D eigenvalue weighted by molar-refractivity contribution is 5.94. The van der Waals surface area contributed by atoms with Gasteiger partial charge in [-0.15, -0.1) is 0 Å². The molecule has 3 aromatic rings. The average molecular weight is 428 g/mol. The molecule has 0 spiro atoms. The monoisotopic (exact) mass is 428 g/mol. The van der Waals surface area contributed by atoms with Gasteiger partial charge in [0.2, 0.25) is 0 Å². The summed E-state index contributed by atoms with van der Waals surface area (Å²) in [5.41, 5.74) is -0.0187. The predicted molar refractivity (Wildman–Crippen MR) is 107 cm³/mol. The van der Waals surface area contributed by atoms with Crippen LogP contribution in [0.4, 0.5) is 19.0 Å². The molecule has 160 valence electrons. The summed E-state index contributed by atoms with van der Waals surface area (Å²) in [5.74, 6) is 0.0499. The molecule has 3 aromatic heterocycles. The van der Waals surface area contributed by atoms with Crippen LogP contribution in [0.1, 0.15) is 22.5 Å². The van der Waals surface area contributed by atoms with E-state index in [0.717, 1.165) is 6.07 Å². The number of hydrogen-bond donors (Lipinski definition) is 0. The molecule has 0 bridgehead atoms. The number of pyridine rings is 2. The van der Waals surface area contributed by atoms with Gasteiger partial charge in [0.15, 0.2) is 11.5 Å². The Morgan fingerprint density at radius 1 is 0.871 bits per heavy atom. The van der Waals surface area contributed by atoms with Crippen molar-refractivity contribution in [1.82, 2.24) is 24.8 Å². The van der Waals surface area contributed by atoms with Crippen molar-refractivity contribution in [2.24, 2.45) is 0 Å². The van der Waals surface area contributed by atoms with Crippen LogP contribution in [-0.2, 0) is 6.18 Å². The Morgan fingerprint density at radius 3 is 2.23 bits per heavy atom. The van der Waals surface area contributed by atoms with Crippen LogP contribution in [0.15, 0.2) is 55.1 Å². The summed E-state index contributed by atoms with van der Waals surface area (Å²) in [6.45, 7) is 1.72. The van der Waals surface area contributed by atoms with E-state index in [4.69, 9.17) is 0 Å². The first-order chi connectivity index (χ1) is 14.9. The van der Waals surface area contributed by atoms with Crippen molar-refractivity contribution in [3.8, 4) is 11.4 Å². The summed E-state index contributed by atoms with van der Waals surface area (Å²) in [7, 11) is 0. The maximum absolute atomic E-state index is 13.5. The fraction of sp³-hybridized carbons (Fsp3) is 0.286. The Balaban J connectivity index is 1.59. The van der Waals surface area contributed by atoms with Crippen LogP contribution in [0.3, 0.4) is 0 Å². The third-order valence-corrected chi connectivity index (χ3v) is 4.98. The van der Waals surface area contributed by atoms with Gasteiger partial charge in [0, 0.05) is 68.2 Å². The largest absolute Gasteiger partial charge is 0.433 e. The van der Waals surface area contributed by atoms with E-state index >= 15 is 0 Å². The van der Waals surface area contributed by atoms with Gasteiger partial charge < -0.3 is 9.80 Å². The number of aromatic nitrogens is 4. The van der Waals surface area contributed by atoms with Crippen molar-refractivity contribution in [3.63, 3.8) is 0 Å². The zero-order valence-electron chi connectivity index (χ0n) is 16.5. The normalized spacial score (nSPS) is 14.9. The number of anilines is 1. The molecule has 10 heteroatoms. The molecule has 31 heavy (non-hydrogen) atoms.